The molecule has 0 aromatic carbocycles. The lowest BCUT2D eigenvalue weighted by atomic mass is 9.78. The minimum atomic E-state index is -4.15. The molecule has 134 valence electrons. The Kier molecular flexibility index (Phi) is 5.88. The molecule has 0 aromatic heterocycles. The third-order valence-electron chi connectivity index (χ3n) is 5.90. The van der Waals surface area contributed by atoms with Gasteiger partial charge in [0.05, 0.1) is 5.92 Å². The molecule has 1 N–H and O–H groups in total. The topological polar surface area (TPSA) is 32.3 Å². The molecule has 0 radical (unpaired) electrons. The fourth-order valence-electron chi connectivity index (χ4n) is 4.46. The van der Waals surface area contributed by atoms with Crippen LogP contribution in [-0.4, -0.2) is 43.2 Å². The molecule has 2 atom stereocenters. The minimum Gasteiger partial charge on any atom is -0.342 e. The molecule has 3 rings (SSSR count). The maximum Gasteiger partial charge on any atom is 0.391 e. The van der Waals surface area contributed by atoms with Crippen LogP contribution in [0.5, 0.6) is 0 Å². The minimum absolute atomic E-state index is 0. The van der Waals surface area contributed by atoms with Crippen LogP contribution in [0, 0.1) is 17.3 Å². The van der Waals surface area contributed by atoms with Crippen LogP contribution in [0.4, 0.5) is 13.2 Å². The third kappa shape index (κ3) is 4.13. The van der Waals surface area contributed by atoms with Gasteiger partial charge in [0, 0.05) is 19.0 Å². The highest BCUT2D eigenvalue weighted by Gasteiger charge is 2.46. The van der Waals surface area contributed by atoms with E-state index in [0.29, 0.717) is 12.8 Å². The second-order valence-electron chi connectivity index (χ2n) is 7.36. The lowest BCUT2D eigenvalue weighted by Gasteiger charge is -2.35. The number of carbonyl (C=O) groups is 1. The molecule has 3 fully saturated rings. The molecule has 2 aliphatic heterocycles. The number of halogens is 4. The fourth-order valence-corrected chi connectivity index (χ4v) is 4.46. The summed E-state index contributed by atoms with van der Waals surface area (Å²) < 4.78 is 38.7. The molecule has 1 spiro atoms. The summed E-state index contributed by atoms with van der Waals surface area (Å²) in [5.41, 5.74) is 0.221. The van der Waals surface area contributed by atoms with Crippen LogP contribution in [0.25, 0.3) is 0 Å². The summed E-state index contributed by atoms with van der Waals surface area (Å²) in [4.78, 5) is 14.5. The number of likely N-dealkylation sites (tertiary alicyclic amines) is 1. The van der Waals surface area contributed by atoms with Crippen molar-refractivity contribution in [1.29, 1.82) is 0 Å². The van der Waals surface area contributed by atoms with E-state index < -0.39 is 18.0 Å². The first-order valence-electron chi connectivity index (χ1n) is 8.46. The predicted molar refractivity (Wildman–Crippen MR) is 84.5 cm³/mol. The summed E-state index contributed by atoms with van der Waals surface area (Å²) in [5, 5.41) is 3.34. The van der Waals surface area contributed by atoms with Gasteiger partial charge in [-0.25, -0.2) is 0 Å². The van der Waals surface area contributed by atoms with Crippen molar-refractivity contribution >= 4 is 18.3 Å². The third-order valence-corrected chi connectivity index (χ3v) is 5.90. The maximum atomic E-state index is 12.9. The Balaban J connectivity index is 0.00000192. The number of alkyl halides is 3. The number of hydrogen-bond donors (Lipinski definition) is 1. The van der Waals surface area contributed by atoms with Crippen molar-refractivity contribution < 1.29 is 18.0 Å². The molecule has 7 heteroatoms. The van der Waals surface area contributed by atoms with E-state index in [2.05, 4.69) is 5.32 Å². The first-order chi connectivity index (χ1) is 10.4. The molecular weight excluding hydrogens is 329 g/mol. The van der Waals surface area contributed by atoms with Crippen LogP contribution in [0.3, 0.4) is 0 Å². The molecule has 3 aliphatic rings. The highest BCUT2D eigenvalue weighted by molar-refractivity contribution is 5.85. The van der Waals surface area contributed by atoms with Crippen molar-refractivity contribution in [2.24, 2.45) is 17.3 Å². The number of piperidine rings is 1. The Labute approximate surface area is 141 Å². The lowest BCUT2D eigenvalue weighted by Crippen LogP contribution is -2.42. The Hall–Kier alpha value is -0.490. The van der Waals surface area contributed by atoms with E-state index in [1.807, 2.05) is 4.90 Å². The first kappa shape index (κ1) is 18.8. The van der Waals surface area contributed by atoms with E-state index in [9.17, 15) is 18.0 Å². The van der Waals surface area contributed by atoms with Crippen LogP contribution in [-0.2, 0) is 4.79 Å². The van der Waals surface area contributed by atoms with Gasteiger partial charge in [-0.2, -0.15) is 13.2 Å². The molecule has 2 saturated heterocycles. The van der Waals surface area contributed by atoms with Crippen molar-refractivity contribution in [3.63, 3.8) is 0 Å². The van der Waals surface area contributed by atoms with Gasteiger partial charge in [-0.05, 0) is 57.0 Å². The van der Waals surface area contributed by atoms with Crippen LogP contribution in [0.2, 0.25) is 0 Å². The Morgan fingerprint density at radius 1 is 1.13 bits per heavy atom. The summed E-state index contributed by atoms with van der Waals surface area (Å²) in [5.74, 6) is -1.73. The molecular formula is C16H26ClF3N2O. The highest BCUT2D eigenvalue weighted by Crippen LogP contribution is 2.43. The monoisotopic (exact) mass is 354 g/mol. The molecule has 23 heavy (non-hydrogen) atoms. The van der Waals surface area contributed by atoms with Gasteiger partial charge in [0.1, 0.15) is 0 Å². The largest absolute Gasteiger partial charge is 0.391 e. The van der Waals surface area contributed by atoms with E-state index in [1.54, 1.807) is 0 Å². The highest BCUT2D eigenvalue weighted by atomic mass is 35.5. The summed E-state index contributed by atoms with van der Waals surface area (Å²) in [7, 11) is 0. The molecule has 1 amide bonds. The van der Waals surface area contributed by atoms with Crippen molar-refractivity contribution in [3.05, 3.63) is 0 Å². The molecule has 1 aliphatic carbocycles. The first-order valence-corrected chi connectivity index (χ1v) is 8.46. The van der Waals surface area contributed by atoms with Gasteiger partial charge in [-0.3, -0.25) is 4.79 Å². The number of rotatable bonds is 1. The predicted octanol–water partition coefficient (Wildman–Crippen LogP) is 3.38. The van der Waals surface area contributed by atoms with E-state index >= 15 is 0 Å². The Morgan fingerprint density at radius 2 is 1.83 bits per heavy atom. The molecule has 0 bridgehead atoms. The molecule has 3 nitrogen and oxygen atoms in total. The Bertz CT molecular complexity index is 424. The lowest BCUT2D eigenvalue weighted by molar-refractivity contribution is -0.187. The van der Waals surface area contributed by atoms with Crippen LogP contribution < -0.4 is 5.32 Å². The second kappa shape index (κ2) is 7.18. The zero-order chi connectivity index (χ0) is 15.8. The molecule has 1 saturated carbocycles. The van der Waals surface area contributed by atoms with Crippen LogP contribution in [0.15, 0.2) is 0 Å². The van der Waals surface area contributed by atoms with Crippen molar-refractivity contribution in [1.82, 2.24) is 10.2 Å². The van der Waals surface area contributed by atoms with Crippen molar-refractivity contribution in [3.8, 4) is 0 Å². The van der Waals surface area contributed by atoms with Crippen molar-refractivity contribution in [2.75, 3.05) is 26.2 Å². The average molecular weight is 355 g/mol. The number of nitrogens with one attached hydrogen (secondary N) is 1. The van der Waals surface area contributed by atoms with Gasteiger partial charge in [0.15, 0.2) is 0 Å². The summed E-state index contributed by atoms with van der Waals surface area (Å²) >= 11 is 0. The van der Waals surface area contributed by atoms with Gasteiger partial charge in [-0.1, -0.05) is 6.42 Å². The van der Waals surface area contributed by atoms with Crippen LogP contribution >= 0.6 is 12.4 Å². The number of hydrogen-bond acceptors (Lipinski definition) is 2. The maximum absolute atomic E-state index is 12.9. The van der Waals surface area contributed by atoms with Gasteiger partial charge >= 0.3 is 6.18 Å². The number of amides is 1. The van der Waals surface area contributed by atoms with E-state index in [-0.39, 0.29) is 36.6 Å². The number of nitrogens with zero attached hydrogens (tertiary/aromatic N) is 1. The van der Waals surface area contributed by atoms with Gasteiger partial charge in [0.2, 0.25) is 5.91 Å². The average Bonchev–Trinajstić information content (AvgIpc) is 2.90. The Morgan fingerprint density at radius 3 is 2.48 bits per heavy atom. The van der Waals surface area contributed by atoms with E-state index in [0.717, 1.165) is 45.4 Å². The van der Waals surface area contributed by atoms with Gasteiger partial charge in [0.25, 0.3) is 0 Å². The SMILES string of the molecule is Cl.O=C(C1CCCC(C(F)(F)F)C1)N1CCC2(CCNCC2)C1. The second-order valence-corrected chi connectivity index (χ2v) is 7.36. The van der Waals surface area contributed by atoms with Gasteiger partial charge < -0.3 is 10.2 Å². The summed E-state index contributed by atoms with van der Waals surface area (Å²) in [6, 6.07) is 0. The smallest absolute Gasteiger partial charge is 0.342 e. The van der Waals surface area contributed by atoms with E-state index in [4.69, 9.17) is 0 Å². The zero-order valence-corrected chi connectivity index (χ0v) is 14.1. The fraction of sp³-hybridized carbons (Fsp3) is 0.938. The van der Waals surface area contributed by atoms with Gasteiger partial charge in [-0.15, -0.1) is 12.4 Å². The summed E-state index contributed by atoms with van der Waals surface area (Å²) in [6.07, 6.45) is 0.325. The normalized spacial score (nSPS) is 31.0. The molecule has 2 unspecified atom stereocenters. The van der Waals surface area contributed by atoms with E-state index in [1.165, 1.54) is 0 Å². The standard InChI is InChI=1S/C16H25F3N2O.ClH/c17-16(18,19)13-3-1-2-12(10-13)14(22)21-9-6-15(11-21)4-7-20-8-5-15;/h12-13,20H,1-11H2;1H. The van der Waals surface area contributed by atoms with Crippen molar-refractivity contribution in [2.45, 2.75) is 51.1 Å². The number of carbonyl (C=O) groups excluding carboxylic acids is 1. The molecule has 0 aromatic rings. The van der Waals surface area contributed by atoms with Crippen LogP contribution in [0.1, 0.15) is 44.9 Å². The zero-order valence-electron chi connectivity index (χ0n) is 13.3. The summed E-state index contributed by atoms with van der Waals surface area (Å²) in [6.45, 7) is 3.45. The quantitative estimate of drug-likeness (QED) is 0.783. The molecule has 2 heterocycles.